The standard InChI is InChI=1S/C15H13BrN2OS/c1-9-6-14(17-8-11(9)16)18-15(19)13-7-10-4-2-3-5-12(10)20-13/h2-6,8,13H,7H2,1H3,(H,17,18,19). The third-order valence-corrected chi connectivity index (χ3v) is 5.39. The summed E-state index contributed by atoms with van der Waals surface area (Å²) in [5, 5.41) is 2.82. The van der Waals surface area contributed by atoms with Crippen molar-refractivity contribution in [3.05, 3.63) is 52.1 Å². The highest BCUT2D eigenvalue weighted by molar-refractivity contribution is 9.10. The predicted molar refractivity (Wildman–Crippen MR) is 85.1 cm³/mol. The molecule has 1 amide bonds. The molecule has 0 bridgehead atoms. The van der Waals surface area contributed by atoms with Crippen LogP contribution in [0.5, 0.6) is 0 Å². The van der Waals surface area contributed by atoms with Crippen LogP contribution >= 0.6 is 27.7 Å². The van der Waals surface area contributed by atoms with E-state index in [0.717, 1.165) is 16.5 Å². The highest BCUT2D eigenvalue weighted by Gasteiger charge is 2.28. The summed E-state index contributed by atoms with van der Waals surface area (Å²) in [5.41, 5.74) is 2.30. The first-order chi connectivity index (χ1) is 9.63. The van der Waals surface area contributed by atoms with Gasteiger partial charge in [-0.2, -0.15) is 0 Å². The van der Waals surface area contributed by atoms with E-state index in [4.69, 9.17) is 0 Å². The van der Waals surface area contributed by atoms with Crippen LogP contribution in [0.1, 0.15) is 11.1 Å². The number of anilines is 1. The van der Waals surface area contributed by atoms with Crippen molar-refractivity contribution in [1.82, 2.24) is 4.98 Å². The van der Waals surface area contributed by atoms with E-state index in [9.17, 15) is 4.79 Å². The van der Waals surface area contributed by atoms with Crippen molar-refractivity contribution < 1.29 is 4.79 Å². The number of fused-ring (bicyclic) bond motifs is 1. The average Bonchev–Trinajstić information content (AvgIpc) is 2.87. The molecule has 1 aromatic heterocycles. The van der Waals surface area contributed by atoms with Gasteiger partial charge in [0.2, 0.25) is 5.91 Å². The van der Waals surface area contributed by atoms with Gasteiger partial charge >= 0.3 is 0 Å². The molecule has 2 heterocycles. The first-order valence-electron chi connectivity index (χ1n) is 6.31. The maximum absolute atomic E-state index is 12.3. The second-order valence-corrected chi connectivity index (χ2v) is 6.83. The van der Waals surface area contributed by atoms with Crippen molar-refractivity contribution in [3.63, 3.8) is 0 Å². The lowest BCUT2D eigenvalue weighted by Gasteiger charge is -2.10. The fourth-order valence-electron chi connectivity index (χ4n) is 2.14. The third kappa shape index (κ3) is 2.74. The largest absolute Gasteiger partial charge is 0.310 e. The molecule has 2 aromatic rings. The number of aryl methyl sites for hydroxylation is 1. The summed E-state index contributed by atoms with van der Waals surface area (Å²) >= 11 is 5.02. The van der Waals surface area contributed by atoms with Crippen molar-refractivity contribution >= 4 is 39.4 Å². The Labute approximate surface area is 130 Å². The van der Waals surface area contributed by atoms with Gasteiger partial charge in [0.1, 0.15) is 5.82 Å². The highest BCUT2D eigenvalue weighted by atomic mass is 79.9. The van der Waals surface area contributed by atoms with E-state index in [2.05, 4.69) is 38.4 Å². The molecule has 3 nitrogen and oxygen atoms in total. The summed E-state index contributed by atoms with van der Waals surface area (Å²) in [7, 11) is 0. The molecular weight excluding hydrogens is 336 g/mol. The fourth-order valence-corrected chi connectivity index (χ4v) is 3.55. The molecule has 0 fully saturated rings. The Morgan fingerprint density at radius 1 is 1.45 bits per heavy atom. The van der Waals surface area contributed by atoms with Crippen LogP contribution in [0.25, 0.3) is 0 Å². The monoisotopic (exact) mass is 348 g/mol. The van der Waals surface area contributed by atoms with Crippen molar-refractivity contribution in [2.24, 2.45) is 0 Å². The van der Waals surface area contributed by atoms with E-state index >= 15 is 0 Å². The van der Waals surface area contributed by atoms with Crippen LogP contribution in [0.15, 0.2) is 45.9 Å². The summed E-state index contributed by atoms with van der Waals surface area (Å²) in [6, 6.07) is 10.0. The van der Waals surface area contributed by atoms with E-state index in [1.165, 1.54) is 10.5 Å². The lowest BCUT2D eigenvalue weighted by molar-refractivity contribution is -0.115. The SMILES string of the molecule is Cc1cc(NC(=O)C2Cc3ccccc3S2)ncc1Br. The molecule has 20 heavy (non-hydrogen) atoms. The molecule has 0 aliphatic carbocycles. The maximum Gasteiger partial charge on any atom is 0.239 e. The van der Waals surface area contributed by atoms with E-state index in [0.29, 0.717) is 5.82 Å². The van der Waals surface area contributed by atoms with Crippen LogP contribution in [-0.4, -0.2) is 16.1 Å². The normalized spacial score (nSPS) is 16.8. The Morgan fingerprint density at radius 3 is 3.00 bits per heavy atom. The first kappa shape index (κ1) is 13.6. The molecule has 1 unspecified atom stereocenters. The van der Waals surface area contributed by atoms with E-state index in [-0.39, 0.29) is 11.2 Å². The van der Waals surface area contributed by atoms with Gasteiger partial charge in [0.15, 0.2) is 0 Å². The van der Waals surface area contributed by atoms with Crippen LogP contribution in [0, 0.1) is 6.92 Å². The zero-order valence-corrected chi connectivity index (χ0v) is 13.3. The van der Waals surface area contributed by atoms with E-state index < -0.39 is 0 Å². The summed E-state index contributed by atoms with van der Waals surface area (Å²) < 4.78 is 0.943. The van der Waals surface area contributed by atoms with Gasteiger partial charge in [-0.15, -0.1) is 11.8 Å². The van der Waals surface area contributed by atoms with Crippen LogP contribution in [0.4, 0.5) is 5.82 Å². The van der Waals surface area contributed by atoms with Crippen LogP contribution < -0.4 is 5.32 Å². The second-order valence-electron chi connectivity index (χ2n) is 4.73. The number of benzene rings is 1. The summed E-state index contributed by atoms with van der Waals surface area (Å²) in [6.07, 6.45) is 2.49. The number of pyridine rings is 1. The van der Waals surface area contributed by atoms with Crippen molar-refractivity contribution in [2.45, 2.75) is 23.5 Å². The van der Waals surface area contributed by atoms with Crippen molar-refractivity contribution in [2.75, 3.05) is 5.32 Å². The molecule has 0 radical (unpaired) electrons. The van der Waals surface area contributed by atoms with Crippen LogP contribution in [0.3, 0.4) is 0 Å². The quantitative estimate of drug-likeness (QED) is 0.897. The number of hydrogen-bond donors (Lipinski definition) is 1. The number of nitrogens with zero attached hydrogens (tertiary/aromatic N) is 1. The Bertz CT molecular complexity index is 650. The van der Waals surface area contributed by atoms with Crippen molar-refractivity contribution in [1.29, 1.82) is 0 Å². The van der Waals surface area contributed by atoms with Gasteiger partial charge < -0.3 is 5.32 Å². The molecule has 1 aliphatic heterocycles. The highest BCUT2D eigenvalue weighted by Crippen LogP contribution is 2.37. The molecule has 1 aliphatic rings. The number of rotatable bonds is 2. The fraction of sp³-hybridized carbons (Fsp3) is 0.200. The summed E-state index contributed by atoms with van der Waals surface area (Å²) in [5.74, 6) is 0.618. The van der Waals surface area contributed by atoms with E-state index in [1.54, 1.807) is 18.0 Å². The minimum atomic E-state index is -0.0712. The zero-order valence-electron chi connectivity index (χ0n) is 10.9. The number of aromatic nitrogens is 1. The molecule has 0 saturated heterocycles. The minimum Gasteiger partial charge on any atom is -0.310 e. The lowest BCUT2D eigenvalue weighted by atomic mass is 10.1. The molecule has 3 rings (SSSR count). The van der Waals surface area contributed by atoms with Gasteiger partial charge in [-0.3, -0.25) is 4.79 Å². The lowest BCUT2D eigenvalue weighted by Crippen LogP contribution is -2.25. The van der Waals surface area contributed by atoms with Crippen LogP contribution in [0.2, 0.25) is 0 Å². The van der Waals surface area contributed by atoms with Gasteiger partial charge in [0.25, 0.3) is 0 Å². The Balaban J connectivity index is 1.71. The second kappa shape index (κ2) is 5.58. The average molecular weight is 349 g/mol. The number of carbonyl (C=O) groups excluding carboxylic acids is 1. The number of hydrogen-bond acceptors (Lipinski definition) is 3. The topological polar surface area (TPSA) is 42.0 Å². The molecular formula is C15H13BrN2OS. The van der Waals surface area contributed by atoms with Gasteiger partial charge in [-0.05, 0) is 52.5 Å². The summed E-state index contributed by atoms with van der Waals surface area (Å²) in [4.78, 5) is 17.7. The number of carbonyl (C=O) groups is 1. The Kier molecular flexibility index (Phi) is 3.81. The number of halogens is 1. The number of thioether (sulfide) groups is 1. The first-order valence-corrected chi connectivity index (χ1v) is 7.98. The number of amides is 1. The zero-order chi connectivity index (χ0) is 14.1. The van der Waals surface area contributed by atoms with Gasteiger partial charge in [0, 0.05) is 15.6 Å². The van der Waals surface area contributed by atoms with Gasteiger partial charge in [0.05, 0.1) is 5.25 Å². The predicted octanol–water partition coefficient (Wildman–Crippen LogP) is 3.81. The molecule has 102 valence electrons. The molecule has 0 spiro atoms. The molecule has 0 saturated carbocycles. The van der Waals surface area contributed by atoms with Gasteiger partial charge in [-0.1, -0.05) is 18.2 Å². The molecule has 1 N–H and O–H groups in total. The Hall–Kier alpha value is -1.33. The minimum absolute atomic E-state index is 0.0143. The van der Waals surface area contributed by atoms with Gasteiger partial charge in [-0.25, -0.2) is 4.98 Å². The maximum atomic E-state index is 12.3. The third-order valence-electron chi connectivity index (χ3n) is 3.24. The summed E-state index contributed by atoms with van der Waals surface area (Å²) in [6.45, 7) is 1.97. The molecule has 1 aromatic carbocycles. The molecule has 5 heteroatoms. The smallest absolute Gasteiger partial charge is 0.239 e. The van der Waals surface area contributed by atoms with Crippen molar-refractivity contribution in [3.8, 4) is 0 Å². The van der Waals surface area contributed by atoms with Crippen LogP contribution in [-0.2, 0) is 11.2 Å². The number of nitrogens with one attached hydrogen (secondary N) is 1. The molecule has 1 atom stereocenters. The Morgan fingerprint density at radius 2 is 2.25 bits per heavy atom. The van der Waals surface area contributed by atoms with E-state index in [1.807, 2.05) is 25.1 Å².